The molecule has 1 saturated heterocycles. The van der Waals surface area contributed by atoms with E-state index in [0.29, 0.717) is 13.0 Å². The van der Waals surface area contributed by atoms with Gasteiger partial charge in [0.05, 0.1) is 5.92 Å². The van der Waals surface area contributed by atoms with Crippen molar-refractivity contribution in [1.82, 2.24) is 4.90 Å². The lowest BCUT2D eigenvalue weighted by molar-refractivity contribution is -0.144. The van der Waals surface area contributed by atoms with Gasteiger partial charge in [-0.1, -0.05) is 42.5 Å². The van der Waals surface area contributed by atoms with Gasteiger partial charge in [-0.3, -0.25) is 4.79 Å². The zero-order valence-corrected chi connectivity index (χ0v) is 13.6. The molecular weight excluding hydrogens is 305 g/mol. The average molecular weight is 327 g/mol. The van der Waals surface area contributed by atoms with Crippen molar-refractivity contribution in [2.75, 3.05) is 19.6 Å². The van der Waals surface area contributed by atoms with Crippen LogP contribution in [0.2, 0.25) is 0 Å². The van der Waals surface area contributed by atoms with E-state index in [2.05, 4.69) is 17.0 Å². The summed E-state index contributed by atoms with van der Waals surface area (Å²) in [5.41, 5.74) is 2.20. The number of aliphatic carboxylic acids is 1. The molecule has 1 N–H and O–H groups in total. The van der Waals surface area contributed by atoms with E-state index in [0.717, 1.165) is 25.1 Å². The van der Waals surface area contributed by atoms with Crippen molar-refractivity contribution in [3.8, 4) is 0 Å². The molecule has 0 aliphatic carbocycles. The molecule has 2 aromatic rings. The Morgan fingerprint density at radius 1 is 1.12 bits per heavy atom. The van der Waals surface area contributed by atoms with Gasteiger partial charge in [0, 0.05) is 19.0 Å². The fourth-order valence-electron chi connectivity index (χ4n) is 3.50. The SMILES string of the molecule is O=C(O)[C@@H]1CCN(CCc2ccccc2)C[C@H]1c1ccc(F)cc1. The molecule has 1 aliphatic rings. The first kappa shape index (κ1) is 16.7. The molecule has 3 rings (SSSR count). The molecule has 2 atom stereocenters. The highest BCUT2D eigenvalue weighted by Gasteiger charge is 2.34. The summed E-state index contributed by atoms with van der Waals surface area (Å²) in [7, 11) is 0. The lowest BCUT2D eigenvalue weighted by Gasteiger charge is -2.37. The van der Waals surface area contributed by atoms with Gasteiger partial charge in [0.15, 0.2) is 0 Å². The molecule has 0 unspecified atom stereocenters. The molecule has 3 nitrogen and oxygen atoms in total. The number of rotatable bonds is 5. The number of likely N-dealkylation sites (tertiary alicyclic amines) is 1. The Morgan fingerprint density at radius 3 is 2.50 bits per heavy atom. The summed E-state index contributed by atoms with van der Waals surface area (Å²) >= 11 is 0. The third-order valence-electron chi connectivity index (χ3n) is 4.87. The highest BCUT2D eigenvalue weighted by molar-refractivity contribution is 5.71. The van der Waals surface area contributed by atoms with Gasteiger partial charge in [0.1, 0.15) is 5.82 Å². The van der Waals surface area contributed by atoms with Crippen molar-refractivity contribution < 1.29 is 14.3 Å². The molecule has 24 heavy (non-hydrogen) atoms. The number of nitrogens with zero attached hydrogens (tertiary/aromatic N) is 1. The Morgan fingerprint density at radius 2 is 1.83 bits per heavy atom. The van der Waals surface area contributed by atoms with Crippen molar-refractivity contribution in [3.63, 3.8) is 0 Å². The molecule has 1 aliphatic heterocycles. The molecule has 126 valence electrons. The standard InChI is InChI=1S/C20H22FNO2/c21-17-8-6-16(7-9-17)19-14-22(13-11-18(19)20(23)24)12-10-15-4-2-1-3-5-15/h1-9,18-19H,10-14H2,(H,23,24)/t18-,19+/m1/s1. The van der Waals surface area contributed by atoms with E-state index in [-0.39, 0.29) is 11.7 Å². The summed E-state index contributed by atoms with van der Waals surface area (Å²) in [5, 5.41) is 9.53. The number of benzene rings is 2. The fraction of sp³-hybridized carbons (Fsp3) is 0.350. The zero-order chi connectivity index (χ0) is 16.9. The molecule has 1 fully saturated rings. The highest BCUT2D eigenvalue weighted by atomic mass is 19.1. The number of piperidine rings is 1. The lowest BCUT2D eigenvalue weighted by Crippen LogP contribution is -2.42. The van der Waals surface area contributed by atoms with Gasteiger partial charge < -0.3 is 10.0 Å². The molecule has 0 bridgehead atoms. The molecule has 0 aromatic heterocycles. The predicted octanol–water partition coefficient (Wildman–Crippen LogP) is 3.56. The minimum Gasteiger partial charge on any atom is -0.481 e. The van der Waals surface area contributed by atoms with Gasteiger partial charge in [0.25, 0.3) is 0 Å². The smallest absolute Gasteiger partial charge is 0.307 e. The Bertz CT molecular complexity index is 672. The van der Waals surface area contributed by atoms with E-state index in [1.807, 2.05) is 18.2 Å². The maximum absolute atomic E-state index is 13.2. The average Bonchev–Trinajstić information content (AvgIpc) is 2.61. The van der Waals surface area contributed by atoms with Crippen LogP contribution in [0.25, 0.3) is 0 Å². The van der Waals surface area contributed by atoms with E-state index in [9.17, 15) is 14.3 Å². The minimum absolute atomic E-state index is 0.0902. The summed E-state index contributed by atoms with van der Waals surface area (Å²) in [6.07, 6.45) is 1.58. The van der Waals surface area contributed by atoms with E-state index in [4.69, 9.17) is 0 Å². The van der Waals surface area contributed by atoms with Crippen LogP contribution in [-0.2, 0) is 11.2 Å². The molecule has 0 radical (unpaired) electrons. The summed E-state index contributed by atoms with van der Waals surface area (Å²) in [6.45, 7) is 2.41. The first-order valence-electron chi connectivity index (χ1n) is 8.38. The molecular formula is C20H22FNO2. The van der Waals surface area contributed by atoms with Crippen LogP contribution in [0.15, 0.2) is 54.6 Å². The summed E-state index contributed by atoms with van der Waals surface area (Å²) in [4.78, 5) is 13.9. The predicted molar refractivity (Wildman–Crippen MR) is 91.5 cm³/mol. The van der Waals surface area contributed by atoms with E-state index in [1.165, 1.54) is 17.7 Å². The van der Waals surface area contributed by atoms with Crippen molar-refractivity contribution in [2.24, 2.45) is 5.92 Å². The summed E-state index contributed by atoms with van der Waals surface area (Å²) in [6, 6.07) is 16.6. The first-order valence-corrected chi connectivity index (χ1v) is 8.38. The number of hydrogen-bond donors (Lipinski definition) is 1. The molecule has 2 aromatic carbocycles. The van der Waals surface area contributed by atoms with Crippen LogP contribution in [0.5, 0.6) is 0 Å². The monoisotopic (exact) mass is 327 g/mol. The van der Waals surface area contributed by atoms with E-state index >= 15 is 0 Å². The second kappa shape index (κ2) is 7.58. The third kappa shape index (κ3) is 4.01. The van der Waals surface area contributed by atoms with Crippen molar-refractivity contribution in [2.45, 2.75) is 18.8 Å². The Balaban J connectivity index is 1.69. The van der Waals surface area contributed by atoms with E-state index in [1.54, 1.807) is 12.1 Å². The van der Waals surface area contributed by atoms with Gasteiger partial charge in [-0.25, -0.2) is 4.39 Å². The van der Waals surface area contributed by atoms with Crippen LogP contribution in [0.1, 0.15) is 23.5 Å². The zero-order valence-electron chi connectivity index (χ0n) is 13.6. The van der Waals surface area contributed by atoms with Crippen LogP contribution < -0.4 is 0 Å². The number of carboxylic acids is 1. The second-order valence-electron chi connectivity index (χ2n) is 6.43. The van der Waals surface area contributed by atoms with Crippen LogP contribution in [-0.4, -0.2) is 35.6 Å². The third-order valence-corrected chi connectivity index (χ3v) is 4.87. The molecule has 0 saturated carbocycles. The first-order chi connectivity index (χ1) is 11.6. The van der Waals surface area contributed by atoms with Gasteiger partial charge in [-0.2, -0.15) is 0 Å². The van der Waals surface area contributed by atoms with Crippen LogP contribution >= 0.6 is 0 Å². The largest absolute Gasteiger partial charge is 0.481 e. The summed E-state index contributed by atoms with van der Waals surface area (Å²) in [5.74, 6) is -1.54. The molecule has 1 heterocycles. The number of hydrogen-bond acceptors (Lipinski definition) is 2. The maximum Gasteiger partial charge on any atom is 0.307 e. The quantitative estimate of drug-likeness (QED) is 0.913. The Labute approximate surface area is 141 Å². The molecule has 0 spiro atoms. The maximum atomic E-state index is 13.2. The Hall–Kier alpha value is -2.20. The lowest BCUT2D eigenvalue weighted by atomic mass is 9.80. The van der Waals surface area contributed by atoms with E-state index < -0.39 is 11.9 Å². The highest BCUT2D eigenvalue weighted by Crippen LogP contribution is 2.33. The van der Waals surface area contributed by atoms with Gasteiger partial charge in [-0.15, -0.1) is 0 Å². The minimum atomic E-state index is -0.757. The van der Waals surface area contributed by atoms with Gasteiger partial charge in [-0.05, 0) is 42.6 Å². The van der Waals surface area contributed by atoms with Crippen molar-refractivity contribution in [1.29, 1.82) is 0 Å². The van der Waals surface area contributed by atoms with Crippen molar-refractivity contribution >= 4 is 5.97 Å². The van der Waals surface area contributed by atoms with Gasteiger partial charge in [0.2, 0.25) is 0 Å². The second-order valence-corrected chi connectivity index (χ2v) is 6.43. The number of carboxylic acid groups (broad SMARTS) is 1. The topological polar surface area (TPSA) is 40.5 Å². The Kier molecular flexibility index (Phi) is 5.26. The number of carbonyl (C=O) groups is 1. The molecule has 4 heteroatoms. The van der Waals surface area contributed by atoms with Crippen LogP contribution in [0.4, 0.5) is 4.39 Å². The normalized spacial score (nSPS) is 21.5. The molecule has 0 amide bonds. The van der Waals surface area contributed by atoms with Crippen LogP contribution in [0, 0.1) is 11.7 Å². The van der Waals surface area contributed by atoms with Crippen molar-refractivity contribution in [3.05, 3.63) is 71.5 Å². The number of halogens is 1. The van der Waals surface area contributed by atoms with Crippen LogP contribution in [0.3, 0.4) is 0 Å². The fourth-order valence-corrected chi connectivity index (χ4v) is 3.50. The summed E-state index contributed by atoms with van der Waals surface area (Å²) < 4.78 is 13.2. The van der Waals surface area contributed by atoms with Gasteiger partial charge >= 0.3 is 5.97 Å².